The minimum absolute atomic E-state index is 0.0418. The van der Waals surface area contributed by atoms with Gasteiger partial charge in [-0.2, -0.15) is 10.5 Å². The first-order valence-corrected chi connectivity index (χ1v) is 7.42. The molecule has 0 spiro atoms. The molecular formula is C16H17BrN2O2. The Morgan fingerprint density at radius 3 is 2.48 bits per heavy atom. The fourth-order valence-electron chi connectivity index (χ4n) is 1.58. The van der Waals surface area contributed by atoms with Crippen molar-refractivity contribution in [3.63, 3.8) is 0 Å². The van der Waals surface area contributed by atoms with Gasteiger partial charge in [-0.05, 0) is 52.5 Å². The number of halogens is 1. The monoisotopic (exact) mass is 348 g/mol. The molecule has 0 saturated heterocycles. The van der Waals surface area contributed by atoms with Crippen LogP contribution in [0.25, 0.3) is 6.08 Å². The Hall–Kier alpha value is -1.98. The molecule has 0 fully saturated rings. The van der Waals surface area contributed by atoms with Crippen molar-refractivity contribution in [1.82, 2.24) is 0 Å². The third-order valence-corrected chi connectivity index (χ3v) is 3.03. The quantitative estimate of drug-likeness (QED) is 0.718. The van der Waals surface area contributed by atoms with E-state index in [0.29, 0.717) is 36.2 Å². The highest BCUT2D eigenvalue weighted by Crippen LogP contribution is 2.37. The average molecular weight is 349 g/mol. The van der Waals surface area contributed by atoms with Gasteiger partial charge < -0.3 is 9.47 Å². The molecule has 0 amide bonds. The largest absolute Gasteiger partial charge is 0.490 e. The van der Waals surface area contributed by atoms with Crippen molar-refractivity contribution in [1.29, 1.82) is 10.5 Å². The van der Waals surface area contributed by atoms with Gasteiger partial charge in [-0.1, -0.05) is 13.8 Å². The molecule has 1 aromatic rings. The third kappa shape index (κ3) is 5.13. The molecule has 0 aromatic heterocycles. The average Bonchev–Trinajstić information content (AvgIpc) is 2.43. The number of nitriles is 2. The van der Waals surface area contributed by atoms with Crippen molar-refractivity contribution >= 4 is 22.0 Å². The summed E-state index contributed by atoms with van der Waals surface area (Å²) in [5.41, 5.74) is 0.750. The van der Waals surface area contributed by atoms with Crippen molar-refractivity contribution in [2.45, 2.75) is 20.8 Å². The number of hydrogen-bond donors (Lipinski definition) is 0. The van der Waals surface area contributed by atoms with Gasteiger partial charge in [0.2, 0.25) is 0 Å². The molecule has 21 heavy (non-hydrogen) atoms. The van der Waals surface area contributed by atoms with Crippen LogP contribution in [0, 0.1) is 28.6 Å². The highest BCUT2D eigenvalue weighted by atomic mass is 79.9. The van der Waals surface area contributed by atoms with Gasteiger partial charge in [0.25, 0.3) is 0 Å². The standard InChI is InChI=1S/C16H17BrN2O2/c1-4-20-15-7-12(5-13(8-18)9-19)6-14(17)16(15)21-10-11(2)3/h5-7,11H,4,10H2,1-3H3. The lowest BCUT2D eigenvalue weighted by Gasteiger charge is -2.15. The van der Waals surface area contributed by atoms with Gasteiger partial charge in [-0.25, -0.2) is 0 Å². The maximum atomic E-state index is 8.82. The Kier molecular flexibility index (Phi) is 6.78. The van der Waals surface area contributed by atoms with E-state index in [9.17, 15) is 0 Å². The summed E-state index contributed by atoms with van der Waals surface area (Å²) in [5.74, 6) is 1.63. The van der Waals surface area contributed by atoms with E-state index >= 15 is 0 Å². The molecule has 0 bridgehead atoms. The Bertz CT molecular complexity index is 594. The molecule has 0 aliphatic heterocycles. The highest BCUT2D eigenvalue weighted by Gasteiger charge is 2.12. The predicted molar refractivity (Wildman–Crippen MR) is 84.8 cm³/mol. The van der Waals surface area contributed by atoms with E-state index in [0.717, 1.165) is 4.47 Å². The summed E-state index contributed by atoms with van der Waals surface area (Å²) in [4.78, 5) is 0. The number of allylic oxidation sites excluding steroid dienone is 1. The van der Waals surface area contributed by atoms with Crippen LogP contribution in [0.2, 0.25) is 0 Å². The van der Waals surface area contributed by atoms with E-state index in [1.807, 2.05) is 19.1 Å². The van der Waals surface area contributed by atoms with Crippen molar-refractivity contribution < 1.29 is 9.47 Å². The summed E-state index contributed by atoms with van der Waals surface area (Å²) >= 11 is 3.45. The fourth-order valence-corrected chi connectivity index (χ4v) is 2.15. The predicted octanol–water partition coefficient (Wildman–Crippen LogP) is 4.31. The lowest BCUT2D eigenvalue weighted by atomic mass is 10.1. The number of ether oxygens (including phenoxy) is 2. The second kappa shape index (κ2) is 8.34. The molecule has 1 rings (SSSR count). The zero-order valence-corrected chi connectivity index (χ0v) is 13.9. The minimum atomic E-state index is 0.0418. The molecule has 5 heteroatoms. The van der Waals surface area contributed by atoms with E-state index in [-0.39, 0.29) is 5.57 Å². The van der Waals surface area contributed by atoms with Gasteiger partial charge >= 0.3 is 0 Å². The normalized spacial score (nSPS) is 9.67. The second-order valence-electron chi connectivity index (χ2n) is 4.75. The van der Waals surface area contributed by atoms with E-state index in [1.165, 1.54) is 6.08 Å². The zero-order chi connectivity index (χ0) is 15.8. The molecule has 0 aliphatic carbocycles. The van der Waals surface area contributed by atoms with Gasteiger partial charge in [0.1, 0.15) is 17.7 Å². The van der Waals surface area contributed by atoms with E-state index < -0.39 is 0 Å². The van der Waals surface area contributed by atoms with Crippen LogP contribution < -0.4 is 9.47 Å². The molecule has 0 radical (unpaired) electrons. The van der Waals surface area contributed by atoms with E-state index in [4.69, 9.17) is 20.0 Å². The second-order valence-corrected chi connectivity index (χ2v) is 5.60. The molecule has 0 heterocycles. The van der Waals surface area contributed by atoms with E-state index in [2.05, 4.69) is 29.8 Å². The third-order valence-electron chi connectivity index (χ3n) is 2.44. The molecule has 0 aliphatic rings. The maximum Gasteiger partial charge on any atom is 0.175 e. The van der Waals surface area contributed by atoms with Crippen molar-refractivity contribution in [3.8, 4) is 23.6 Å². The topological polar surface area (TPSA) is 66.0 Å². The number of hydrogen-bond acceptors (Lipinski definition) is 4. The molecule has 0 saturated carbocycles. The lowest BCUT2D eigenvalue weighted by molar-refractivity contribution is 0.246. The van der Waals surface area contributed by atoms with Crippen molar-refractivity contribution in [3.05, 3.63) is 27.7 Å². The Morgan fingerprint density at radius 1 is 1.29 bits per heavy atom. The van der Waals surface area contributed by atoms with Crippen LogP contribution in [-0.4, -0.2) is 13.2 Å². The summed E-state index contributed by atoms with van der Waals surface area (Å²) < 4.78 is 12.1. The minimum Gasteiger partial charge on any atom is -0.490 e. The maximum absolute atomic E-state index is 8.82. The van der Waals surface area contributed by atoms with Crippen LogP contribution in [0.4, 0.5) is 0 Å². The van der Waals surface area contributed by atoms with Gasteiger partial charge in [0, 0.05) is 0 Å². The van der Waals surface area contributed by atoms with Crippen LogP contribution in [0.5, 0.6) is 11.5 Å². The van der Waals surface area contributed by atoms with Gasteiger partial charge in [-0.15, -0.1) is 0 Å². The Morgan fingerprint density at radius 2 is 1.95 bits per heavy atom. The molecule has 0 N–H and O–H groups in total. The molecule has 110 valence electrons. The summed E-state index contributed by atoms with van der Waals surface area (Å²) in [5, 5.41) is 17.6. The first-order valence-electron chi connectivity index (χ1n) is 6.62. The van der Waals surface area contributed by atoms with Crippen LogP contribution in [-0.2, 0) is 0 Å². The summed E-state index contributed by atoms with van der Waals surface area (Å²) in [6, 6.07) is 7.24. The van der Waals surface area contributed by atoms with Gasteiger partial charge in [0.05, 0.1) is 17.7 Å². The van der Waals surface area contributed by atoms with Crippen molar-refractivity contribution in [2.24, 2.45) is 5.92 Å². The van der Waals surface area contributed by atoms with Crippen LogP contribution in [0.1, 0.15) is 26.3 Å². The van der Waals surface area contributed by atoms with Gasteiger partial charge in [-0.3, -0.25) is 0 Å². The fraction of sp³-hybridized carbons (Fsp3) is 0.375. The van der Waals surface area contributed by atoms with Gasteiger partial charge in [0.15, 0.2) is 11.5 Å². The summed E-state index contributed by atoms with van der Waals surface area (Å²) in [6.45, 7) is 7.10. The number of nitrogens with zero attached hydrogens (tertiary/aromatic N) is 2. The smallest absolute Gasteiger partial charge is 0.175 e. The Labute approximate surface area is 133 Å². The zero-order valence-electron chi connectivity index (χ0n) is 12.3. The molecule has 4 nitrogen and oxygen atoms in total. The summed E-state index contributed by atoms with van der Waals surface area (Å²) in [7, 11) is 0. The van der Waals surface area contributed by atoms with Crippen molar-refractivity contribution in [2.75, 3.05) is 13.2 Å². The molecule has 1 aromatic carbocycles. The van der Waals surface area contributed by atoms with Crippen LogP contribution in [0.15, 0.2) is 22.2 Å². The molecular weight excluding hydrogens is 332 g/mol. The first kappa shape index (κ1) is 17.1. The first-order chi connectivity index (χ1) is 10.0. The summed E-state index contributed by atoms with van der Waals surface area (Å²) in [6.07, 6.45) is 1.51. The molecule has 0 unspecified atom stereocenters. The number of benzene rings is 1. The Balaban J connectivity index is 3.21. The van der Waals surface area contributed by atoms with Crippen LogP contribution >= 0.6 is 15.9 Å². The van der Waals surface area contributed by atoms with Crippen LogP contribution in [0.3, 0.4) is 0 Å². The van der Waals surface area contributed by atoms with E-state index in [1.54, 1.807) is 12.1 Å². The SMILES string of the molecule is CCOc1cc(C=C(C#N)C#N)cc(Br)c1OCC(C)C. The highest BCUT2D eigenvalue weighted by molar-refractivity contribution is 9.10. The lowest BCUT2D eigenvalue weighted by Crippen LogP contribution is -2.07. The number of rotatable bonds is 6. The molecule has 0 atom stereocenters.